The summed E-state index contributed by atoms with van der Waals surface area (Å²) >= 11 is 0. The number of methoxy groups -OCH3 is 1. The zero-order chi connectivity index (χ0) is 24.4. The summed E-state index contributed by atoms with van der Waals surface area (Å²) in [5.74, 6) is 1.77. The first-order chi connectivity index (χ1) is 17.1. The van der Waals surface area contributed by atoms with Crippen molar-refractivity contribution >= 4 is 16.8 Å². The van der Waals surface area contributed by atoms with Gasteiger partial charge in [-0.1, -0.05) is 37.1 Å². The molecule has 1 saturated carbocycles. The van der Waals surface area contributed by atoms with Crippen LogP contribution in [0, 0.1) is 5.92 Å². The Morgan fingerprint density at radius 3 is 2.60 bits per heavy atom. The van der Waals surface area contributed by atoms with Crippen molar-refractivity contribution in [1.29, 1.82) is 0 Å². The summed E-state index contributed by atoms with van der Waals surface area (Å²) in [5, 5.41) is 0.508. The molecular formula is C28H29N3O4. The lowest BCUT2D eigenvalue weighted by molar-refractivity contribution is -0.138. The number of rotatable bonds is 7. The second-order valence-corrected chi connectivity index (χ2v) is 9.00. The Bertz CT molecular complexity index is 1390. The molecule has 2 aromatic heterocycles. The highest BCUT2D eigenvalue weighted by atomic mass is 16.5. The van der Waals surface area contributed by atoms with Crippen LogP contribution in [0.3, 0.4) is 0 Å². The molecule has 0 spiro atoms. The number of benzene rings is 2. The molecular weight excluding hydrogens is 442 g/mol. The third-order valence-corrected chi connectivity index (χ3v) is 6.86. The molecule has 0 radical (unpaired) electrons. The van der Waals surface area contributed by atoms with Crippen LogP contribution in [0.1, 0.15) is 50.2 Å². The molecule has 2 aromatic carbocycles. The van der Waals surface area contributed by atoms with Crippen LogP contribution in [0.15, 0.2) is 76.1 Å². The van der Waals surface area contributed by atoms with Crippen molar-refractivity contribution in [3.8, 4) is 11.4 Å². The third-order valence-electron chi connectivity index (χ3n) is 6.86. The van der Waals surface area contributed by atoms with E-state index in [9.17, 15) is 9.59 Å². The topological polar surface area (TPSA) is 77.6 Å². The van der Waals surface area contributed by atoms with Gasteiger partial charge in [0.25, 0.3) is 5.56 Å². The molecule has 4 aromatic rings. The molecule has 0 saturated heterocycles. The fraction of sp³-hybridized carbons (Fsp3) is 0.321. The molecule has 1 amide bonds. The monoisotopic (exact) mass is 471 g/mol. The van der Waals surface area contributed by atoms with E-state index in [1.807, 2.05) is 61.5 Å². The van der Waals surface area contributed by atoms with Gasteiger partial charge in [-0.05, 0) is 56.2 Å². The van der Waals surface area contributed by atoms with Crippen LogP contribution in [-0.4, -0.2) is 27.5 Å². The van der Waals surface area contributed by atoms with Crippen molar-refractivity contribution in [2.45, 2.75) is 45.2 Å². The normalized spacial score (nSPS) is 14.8. The molecule has 1 aliphatic rings. The molecule has 2 heterocycles. The standard InChI is InChI=1S/C28H29N3O4/c1-19(30(18-21-12-9-17-35-21)27(32)20-10-3-4-11-20)26-29-23-14-6-5-13-22(23)28(33)31(26)24-15-7-8-16-25(24)34-2/h5-9,12-17,19-20H,3-4,10-11,18H2,1-2H3. The van der Waals surface area contributed by atoms with Gasteiger partial charge in [0.05, 0.1) is 42.5 Å². The minimum absolute atomic E-state index is 0.0284. The molecule has 1 atom stereocenters. The van der Waals surface area contributed by atoms with Crippen molar-refractivity contribution < 1.29 is 13.9 Å². The lowest BCUT2D eigenvalue weighted by Crippen LogP contribution is -2.39. The Balaban J connectivity index is 1.69. The smallest absolute Gasteiger partial charge is 0.266 e. The first kappa shape index (κ1) is 22.9. The first-order valence-electron chi connectivity index (χ1n) is 12.1. The number of nitrogens with zero attached hydrogens (tertiary/aromatic N) is 3. The molecule has 0 N–H and O–H groups in total. The number of para-hydroxylation sites is 3. The highest BCUT2D eigenvalue weighted by molar-refractivity contribution is 5.80. The predicted octanol–water partition coefficient (Wildman–Crippen LogP) is 5.27. The molecule has 0 bridgehead atoms. The lowest BCUT2D eigenvalue weighted by Gasteiger charge is -2.32. The number of amides is 1. The molecule has 5 rings (SSSR count). The number of carbonyl (C=O) groups excluding carboxylic acids is 1. The van der Waals surface area contributed by atoms with Crippen LogP contribution in [0.5, 0.6) is 5.75 Å². The minimum Gasteiger partial charge on any atom is -0.495 e. The number of carbonyl (C=O) groups is 1. The van der Waals surface area contributed by atoms with E-state index in [-0.39, 0.29) is 17.4 Å². The number of hydrogen-bond acceptors (Lipinski definition) is 5. The van der Waals surface area contributed by atoms with Crippen LogP contribution in [0.2, 0.25) is 0 Å². The number of ether oxygens (including phenoxy) is 1. The molecule has 35 heavy (non-hydrogen) atoms. The van der Waals surface area contributed by atoms with Gasteiger partial charge < -0.3 is 14.1 Å². The van der Waals surface area contributed by atoms with E-state index in [0.717, 1.165) is 25.7 Å². The molecule has 1 fully saturated rings. The van der Waals surface area contributed by atoms with E-state index < -0.39 is 6.04 Å². The molecule has 180 valence electrons. The maximum absolute atomic E-state index is 13.8. The van der Waals surface area contributed by atoms with Crippen LogP contribution in [0.25, 0.3) is 16.6 Å². The summed E-state index contributed by atoms with van der Waals surface area (Å²) in [7, 11) is 1.58. The van der Waals surface area contributed by atoms with Gasteiger partial charge in [0.2, 0.25) is 5.91 Å². The summed E-state index contributed by atoms with van der Waals surface area (Å²) in [6, 6.07) is 17.9. The summed E-state index contributed by atoms with van der Waals surface area (Å²) in [6.07, 6.45) is 5.48. The zero-order valence-corrected chi connectivity index (χ0v) is 20.0. The van der Waals surface area contributed by atoms with Gasteiger partial charge in [-0.2, -0.15) is 0 Å². The van der Waals surface area contributed by atoms with Crippen molar-refractivity contribution in [3.63, 3.8) is 0 Å². The van der Waals surface area contributed by atoms with Gasteiger partial charge >= 0.3 is 0 Å². The van der Waals surface area contributed by atoms with E-state index in [1.54, 1.807) is 28.9 Å². The Morgan fingerprint density at radius 1 is 1.11 bits per heavy atom. The van der Waals surface area contributed by atoms with Crippen molar-refractivity contribution in [1.82, 2.24) is 14.5 Å². The summed E-state index contributed by atoms with van der Waals surface area (Å²) in [4.78, 5) is 34.3. The van der Waals surface area contributed by atoms with Crippen LogP contribution < -0.4 is 10.3 Å². The zero-order valence-electron chi connectivity index (χ0n) is 20.0. The Kier molecular flexibility index (Phi) is 6.40. The molecule has 7 nitrogen and oxygen atoms in total. The van der Waals surface area contributed by atoms with Gasteiger partial charge in [0.1, 0.15) is 17.3 Å². The molecule has 0 aliphatic heterocycles. The Hall–Kier alpha value is -3.87. The summed E-state index contributed by atoms with van der Waals surface area (Å²) < 4.78 is 12.8. The quantitative estimate of drug-likeness (QED) is 0.367. The van der Waals surface area contributed by atoms with Crippen molar-refractivity contribution in [3.05, 3.63) is 88.9 Å². The number of fused-ring (bicyclic) bond motifs is 1. The van der Waals surface area contributed by atoms with Gasteiger partial charge in [-0.3, -0.25) is 14.2 Å². The predicted molar refractivity (Wildman–Crippen MR) is 134 cm³/mol. The van der Waals surface area contributed by atoms with Gasteiger partial charge in [0, 0.05) is 5.92 Å². The summed E-state index contributed by atoms with van der Waals surface area (Å²) in [6.45, 7) is 2.23. The SMILES string of the molecule is COc1ccccc1-n1c(C(C)N(Cc2ccco2)C(=O)C2CCCC2)nc2ccccc2c1=O. The van der Waals surface area contributed by atoms with Crippen LogP contribution >= 0.6 is 0 Å². The van der Waals surface area contributed by atoms with Gasteiger partial charge in [0.15, 0.2) is 0 Å². The Labute approximate surface area is 204 Å². The Morgan fingerprint density at radius 2 is 1.86 bits per heavy atom. The number of hydrogen-bond donors (Lipinski definition) is 0. The second-order valence-electron chi connectivity index (χ2n) is 9.00. The van der Waals surface area contributed by atoms with E-state index >= 15 is 0 Å². The molecule has 7 heteroatoms. The average Bonchev–Trinajstić information content (AvgIpc) is 3.61. The van der Waals surface area contributed by atoms with Gasteiger partial charge in [-0.15, -0.1) is 0 Å². The third kappa shape index (κ3) is 4.34. The maximum Gasteiger partial charge on any atom is 0.266 e. The maximum atomic E-state index is 13.8. The minimum atomic E-state index is -0.490. The highest BCUT2D eigenvalue weighted by Crippen LogP contribution is 2.33. The van der Waals surface area contributed by atoms with E-state index in [2.05, 4.69) is 0 Å². The summed E-state index contributed by atoms with van der Waals surface area (Å²) in [5.41, 5.74) is 0.983. The second kappa shape index (κ2) is 9.78. The van der Waals surface area contributed by atoms with E-state index in [4.69, 9.17) is 14.1 Å². The van der Waals surface area contributed by atoms with E-state index in [0.29, 0.717) is 40.5 Å². The highest BCUT2D eigenvalue weighted by Gasteiger charge is 2.33. The first-order valence-corrected chi connectivity index (χ1v) is 12.1. The lowest BCUT2D eigenvalue weighted by atomic mass is 10.0. The fourth-order valence-corrected chi connectivity index (χ4v) is 5.00. The van der Waals surface area contributed by atoms with Crippen LogP contribution in [-0.2, 0) is 11.3 Å². The van der Waals surface area contributed by atoms with Crippen molar-refractivity contribution in [2.75, 3.05) is 7.11 Å². The average molecular weight is 472 g/mol. The molecule has 1 unspecified atom stereocenters. The number of furan rings is 1. The number of aromatic nitrogens is 2. The van der Waals surface area contributed by atoms with Crippen molar-refractivity contribution in [2.24, 2.45) is 5.92 Å². The molecule has 1 aliphatic carbocycles. The fourth-order valence-electron chi connectivity index (χ4n) is 5.00. The van der Waals surface area contributed by atoms with Gasteiger partial charge in [-0.25, -0.2) is 4.98 Å². The van der Waals surface area contributed by atoms with E-state index in [1.165, 1.54) is 0 Å². The largest absolute Gasteiger partial charge is 0.495 e. The van der Waals surface area contributed by atoms with Crippen LogP contribution in [0.4, 0.5) is 0 Å².